The molecule has 0 saturated carbocycles. The molecular weight excluding hydrogens is 334 g/mol. The summed E-state index contributed by atoms with van der Waals surface area (Å²) in [7, 11) is 0. The van der Waals surface area contributed by atoms with Crippen molar-refractivity contribution in [2.24, 2.45) is 0 Å². The van der Waals surface area contributed by atoms with Crippen molar-refractivity contribution in [3.8, 4) is 5.75 Å². The summed E-state index contributed by atoms with van der Waals surface area (Å²) < 4.78 is 6.94. The first-order valence-corrected chi connectivity index (χ1v) is 8.63. The normalized spacial score (nSPS) is 19.8. The summed E-state index contributed by atoms with van der Waals surface area (Å²) in [5, 5.41) is 5.89. The van der Waals surface area contributed by atoms with E-state index in [2.05, 4.69) is 63.9 Å². The van der Waals surface area contributed by atoms with Crippen LogP contribution < -0.4 is 10.1 Å². The molecule has 1 aliphatic rings. The highest BCUT2D eigenvalue weighted by Gasteiger charge is 2.22. The number of fused-ring (bicyclic) bond motifs is 1. The highest BCUT2D eigenvalue weighted by atomic mass is 79.9. The molecular formula is C16H18BrNOS. The topological polar surface area (TPSA) is 21.3 Å². The lowest BCUT2D eigenvalue weighted by atomic mass is 10.0. The van der Waals surface area contributed by atoms with E-state index in [9.17, 15) is 0 Å². The van der Waals surface area contributed by atoms with Crippen molar-refractivity contribution in [3.05, 3.63) is 50.6 Å². The van der Waals surface area contributed by atoms with Crippen molar-refractivity contribution in [2.75, 3.05) is 6.61 Å². The number of hydrogen-bond acceptors (Lipinski definition) is 3. The minimum atomic E-state index is 0.359. The maximum atomic E-state index is 5.86. The molecule has 0 spiro atoms. The van der Waals surface area contributed by atoms with E-state index in [0.29, 0.717) is 12.1 Å². The molecule has 4 heteroatoms. The van der Waals surface area contributed by atoms with E-state index >= 15 is 0 Å². The van der Waals surface area contributed by atoms with Gasteiger partial charge in [-0.05, 0) is 43.3 Å². The molecule has 2 heterocycles. The van der Waals surface area contributed by atoms with Crippen molar-refractivity contribution in [1.82, 2.24) is 5.32 Å². The molecule has 20 heavy (non-hydrogen) atoms. The molecule has 0 bridgehead atoms. The molecule has 3 rings (SSSR count). The molecule has 0 saturated heterocycles. The van der Waals surface area contributed by atoms with Crippen LogP contribution in [0, 0.1) is 0 Å². The summed E-state index contributed by atoms with van der Waals surface area (Å²) in [6, 6.07) is 11.4. The van der Waals surface area contributed by atoms with Crippen LogP contribution in [0.3, 0.4) is 0 Å². The number of benzene rings is 1. The van der Waals surface area contributed by atoms with Gasteiger partial charge in [0.2, 0.25) is 0 Å². The Morgan fingerprint density at radius 2 is 2.30 bits per heavy atom. The van der Waals surface area contributed by atoms with Gasteiger partial charge in [-0.1, -0.05) is 28.1 Å². The van der Waals surface area contributed by atoms with Gasteiger partial charge in [0.1, 0.15) is 5.75 Å². The summed E-state index contributed by atoms with van der Waals surface area (Å²) in [6.45, 7) is 3.03. The summed E-state index contributed by atoms with van der Waals surface area (Å²) in [5.41, 5.74) is 1.27. The van der Waals surface area contributed by atoms with Crippen LogP contribution in [0.1, 0.15) is 42.3 Å². The molecule has 0 amide bonds. The Balaban J connectivity index is 1.83. The summed E-state index contributed by atoms with van der Waals surface area (Å²) in [6.07, 6.45) is 2.20. The maximum Gasteiger partial charge on any atom is 0.125 e. The third-order valence-corrected chi connectivity index (χ3v) is 5.22. The molecule has 2 nitrogen and oxygen atoms in total. The van der Waals surface area contributed by atoms with Crippen molar-refractivity contribution >= 4 is 27.3 Å². The lowest BCUT2D eigenvalue weighted by Gasteiger charge is -2.22. The lowest BCUT2D eigenvalue weighted by molar-refractivity contribution is 0.314. The molecule has 1 aromatic heterocycles. The Labute approximate surface area is 132 Å². The van der Waals surface area contributed by atoms with Crippen LogP contribution in [0.4, 0.5) is 0 Å². The quantitative estimate of drug-likeness (QED) is 0.832. The van der Waals surface area contributed by atoms with Crippen LogP contribution >= 0.6 is 27.3 Å². The first-order chi connectivity index (χ1) is 9.74. The second-order valence-corrected chi connectivity index (χ2v) is 7.02. The van der Waals surface area contributed by atoms with Crippen molar-refractivity contribution in [1.29, 1.82) is 0 Å². The number of nitrogens with one attached hydrogen (secondary N) is 1. The molecule has 1 aliphatic heterocycles. The average Bonchev–Trinajstić information content (AvgIpc) is 2.90. The maximum absolute atomic E-state index is 5.86. The average molecular weight is 352 g/mol. The first-order valence-electron chi connectivity index (χ1n) is 6.96. The monoisotopic (exact) mass is 351 g/mol. The highest BCUT2D eigenvalue weighted by Crippen LogP contribution is 2.35. The Hall–Kier alpha value is -0.840. The van der Waals surface area contributed by atoms with Crippen LogP contribution in [0.2, 0.25) is 0 Å². The van der Waals surface area contributed by atoms with Gasteiger partial charge < -0.3 is 10.1 Å². The molecule has 1 N–H and O–H groups in total. The summed E-state index contributed by atoms with van der Waals surface area (Å²) >= 11 is 5.33. The van der Waals surface area contributed by atoms with Gasteiger partial charge >= 0.3 is 0 Å². The Kier molecular flexibility index (Phi) is 4.44. The summed E-state index contributed by atoms with van der Waals surface area (Å²) in [5.74, 6) is 1.01. The van der Waals surface area contributed by atoms with Gasteiger partial charge in [0, 0.05) is 27.0 Å². The second-order valence-electron chi connectivity index (χ2n) is 5.13. The van der Waals surface area contributed by atoms with E-state index in [-0.39, 0.29) is 0 Å². The molecule has 2 unspecified atom stereocenters. The Bertz CT molecular complexity index is 570. The van der Waals surface area contributed by atoms with Crippen molar-refractivity contribution in [3.63, 3.8) is 0 Å². The van der Waals surface area contributed by atoms with Gasteiger partial charge in [-0.25, -0.2) is 0 Å². The predicted molar refractivity (Wildman–Crippen MR) is 87.5 cm³/mol. The Morgan fingerprint density at radius 3 is 3.10 bits per heavy atom. The zero-order valence-electron chi connectivity index (χ0n) is 11.4. The predicted octanol–water partition coefficient (Wildman–Crippen LogP) is 5.08. The molecule has 2 atom stereocenters. The molecule has 0 radical (unpaired) electrons. The van der Waals surface area contributed by atoms with Crippen LogP contribution in [-0.2, 0) is 0 Å². The fraction of sp³-hybridized carbons (Fsp3) is 0.375. The van der Waals surface area contributed by atoms with Gasteiger partial charge in [0.15, 0.2) is 0 Å². The standard InChI is InChI=1S/C16H18BrNOS/c1-11(16-5-3-9-20-16)18-14-4-2-8-19-15-10-12(17)6-7-13(14)15/h3,5-7,9-11,14,18H,2,4,8H2,1H3. The fourth-order valence-corrected chi connectivity index (χ4v) is 3.72. The van der Waals surface area contributed by atoms with Gasteiger partial charge in [-0.2, -0.15) is 0 Å². The van der Waals surface area contributed by atoms with Gasteiger partial charge in [0.25, 0.3) is 0 Å². The smallest absolute Gasteiger partial charge is 0.125 e. The number of ether oxygens (including phenoxy) is 1. The molecule has 0 aliphatic carbocycles. The van der Waals surface area contributed by atoms with E-state index in [4.69, 9.17) is 4.74 Å². The third kappa shape index (κ3) is 3.08. The molecule has 1 aromatic carbocycles. The van der Waals surface area contributed by atoms with E-state index in [1.807, 2.05) is 11.3 Å². The van der Waals surface area contributed by atoms with Crippen LogP contribution in [0.5, 0.6) is 5.75 Å². The van der Waals surface area contributed by atoms with Gasteiger partial charge in [-0.15, -0.1) is 11.3 Å². The van der Waals surface area contributed by atoms with E-state index in [1.54, 1.807) is 0 Å². The van der Waals surface area contributed by atoms with E-state index in [1.165, 1.54) is 10.4 Å². The van der Waals surface area contributed by atoms with Gasteiger partial charge in [0.05, 0.1) is 6.61 Å². The first kappa shape index (κ1) is 14.1. The number of hydrogen-bond donors (Lipinski definition) is 1. The number of thiophene rings is 1. The Morgan fingerprint density at radius 1 is 1.40 bits per heavy atom. The molecule has 0 fully saturated rings. The second kappa shape index (κ2) is 6.29. The summed E-state index contributed by atoms with van der Waals surface area (Å²) in [4.78, 5) is 1.38. The zero-order chi connectivity index (χ0) is 13.9. The largest absolute Gasteiger partial charge is 0.493 e. The van der Waals surface area contributed by atoms with E-state index < -0.39 is 0 Å². The molecule has 2 aromatic rings. The van der Waals surface area contributed by atoms with Crippen LogP contribution in [0.15, 0.2) is 40.2 Å². The van der Waals surface area contributed by atoms with Crippen LogP contribution in [-0.4, -0.2) is 6.61 Å². The van der Waals surface area contributed by atoms with Crippen LogP contribution in [0.25, 0.3) is 0 Å². The zero-order valence-corrected chi connectivity index (χ0v) is 13.8. The lowest BCUT2D eigenvalue weighted by Crippen LogP contribution is -2.23. The van der Waals surface area contributed by atoms with Crippen molar-refractivity contribution < 1.29 is 4.74 Å². The minimum Gasteiger partial charge on any atom is -0.493 e. The highest BCUT2D eigenvalue weighted by molar-refractivity contribution is 9.10. The minimum absolute atomic E-state index is 0.359. The fourth-order valence-electron chi connectivity index (χ4n) is 2.64. The van der Waals surface area contributed by atoms with E-state index in [0.717, 1.165) is 29.7 Å². The third-order valence-electron chi connectivity index (χ3n) is 3.67. The SMILES string of the molecule is CC(NC1CCCOc2cc(Br)ccc21)c1cccs1. The molecule has 106 valence electrons. The number of rotatable bonds is 3. The van der Waals surface area contributed by atoms with Crippen molar-refractivity contribution in [2.45, 2.75) is 31.8 Å². The van der Waals surface area contributed by atoms with Gasteiger partial charge in [-0.3, -0.25) is 0 Å². The number of halogens is 1.